The van der Waals surface area contributed by atoms with Gasteiger partial charge in [-0.15, -0.1) is 5.06 Å². The molecule has 0 heterocycles. The summed E-state index contributed by atoms with van der Waals surface area (Å²) in [5.74, 6) is -0.601. The second kappa shape index (κ2) is 10.8. The van der Waals surface area contributed by atoms with E-state index in [1.807, 2.05) is 13.8 Å². The molecule has 8 heteroatoms. The van der Waals surface area contributed by atoms with Crippen LogP contribution >= 0.6 is 0 Å². The lowest BCUT2D eigenvalue weighted by atomic mass is 9.86. The van der Waals surface area contributed by atoms with Gasteiger partial charge in [-0.3, -0.25) is 14.8 Å². The van der Waals surface area contributed by atoms with Gasteiger partial charge in [-0.1, -0.05) is 53.3 Å². The van der Waals surface area contributed by atoms with E-state index in [1.54, 1.807) is 45.0 Å². The van der Waals surface area contributed by atoms with Crippen molar-refractivity contribution in [3.63, 3.8) is 0 Å². The van der Waals surface area contributed by atoms with Gasteiger partial charge in [0.2, 0.25) is 5.91 Å². The zero-order valence-corrected chi connectivity index (χ0v) is 18.6. The van der Waals surface area contributed by atoms with Crippen LogP contribution in [-0.2, 0) is 9.59 Å². The van der Waals surface area contributed by atoms with Gasteiger partial charge in [-0.05, 0) is 36.3 Å². The molecular formula is C22H33N3O5. The van der Waals surface area contributed by atoms with Gasteiger partial charge in [-0.2, -0.15) is 0 Å². The molecule has 1 rings (SSSR count). The summed E-state index contributed by atoms with van der Waals surface area (Å²) in [5, 5.41) is 15.2. The van der Waals surface area contributed by atoms with Crippen molar-refractivity contribution in [1.82, 2.24) is 10.4 Å². The first kappa shape index (κ1) is 25.2. The molecule has 1 aromatic rings. The van der Waals surface area contributed by atoms with Crippen molar-refractivity contribution in [2.24, 2.45) is 11.3 Å². The number of carbonyl (C=O) groups excluding carboxylic acids is 3. The fourth-order valence-electron chi connectivity index (χ4n) is 2.62. The minimum atomic E-state index is -1.10. The van der Waals surface area contributed by atoms with Crippen molar-refractivity contribution in [2.75, 3.05) is 12.4 Å². The molecule has 1 aromatic carbocycles. The van der Waals surface area contributed by atoms with Crippen LogP contribution in [0.4, 0.5) is 10.5 Å². The van der Waals surface area contributed by atoms with Crippen LogP contribution in [0.3, 0.4) is 0 Å². The summed E-state index contributed by atoms with van der Waals surface area (Å²) in [7, 11) is 1.48. The van der Waals surface area contributed by atoms with Crippen LogP contribution in [0.1, 0.15) is 47.5 Å². The van der Waals surface area contributed by atoms with Gasteiger partial charge in [0.05, 0.1) is 12.8 Å². The second-order valence-corrected chi connectivity index (χ2v) is 8.59. The molecular weight excluding hydrogens is 386 g/mol. The minimum absolute atomic E-state index is 0.0300. The molecule has 8 nitrogen and oxygen atoms in total. The van der Waals surface area contributed by atoms with Gasteiger partial charge < -0.3 is 15.4 Å². The molecule has 0 spiro atoms. The lowest BCUT2D eigenvalue weighted by Gasteiger charge is -2.31. The predicted molar refractivity (Wildman–Crippen MR) is 115 cm³/mol. The molecule has 0 aromatic heterocycles. The maximum absolute atomic E-state index is 12.9. The van der Waals surface area contributed by atoms with Crippen LogP contribution in [0.25, 0.3) is 0 Å². The van der Waals surface area contributed by atoms with E-state index in [9.17, 15) is 19.6 Å². The van der Waals surface area contributed by atoms with Crippen LogP contribution < -0.4 is 15.4 Å². The summed E-state index contributed by atoms with van der Waals surface area (Å²) in [6.45, 7) is 12.9. The van der Waals surface area contributed by atoms with Crippen LogP contribution in [0.2, 0.25) is 0 Å². The summed E-state index contributed by atoms with van der Waals surface area (Å²) in [6.07, 6.45) is 1.06. The van der Waals surface area contributed by atoms with E-state index in [0.29, 0.717) is 30.2 Å². The van der Waals surface area contributed by atoms with Gasteiger partial charge >= 0.3 is 6.03 Å². The Morgan fingerprint density at radius 1 is 1.20 bits per heavy atom. The summed E-state index contributed by atoms with van der Waals surface area (Å²) >= 11 is 0. The van der Waals surface area contributed by atoms with E-state index >= 15 is 0 Å². The molecule has 0 fully saturated rings. The van der Waals surface area contributed by atoms with Gasteiger partial charge in [-0.25, -0.2) is 4.79 Å². The number of para-hydroxylation sites is 2. The van der Waals surface area contributed by atoms with Gasteiger partial charge in [0.15, 0.2) is 0 Å². The first-order valence-corrected chi connectivity index (χ1v) is 9.84. The lowest BCUT2D eigenvalue weighted by Crippen LogP contribution is -2.55. The Morgan fingerprint density at radius 3 is 2.33 bits per heavy atom. The average molecular weight is 420 g/mol. The van der Waals surface area contributed by atoms with Crippen molar-refractivity contribution in [2.45, 2.75) is 53.5 Å². The van der Waals surface area contributed by atoms with Crippen LogP contribution in [0, 0.1) is 11.3 Å². The Bertz CT molecular complexity index is 783. The highest BCUT2D eigenvalue weighted by atomic mass is 16.5. The standard InChI is InChI=1S/C22H33N3O5/c1-14(2)12-13-15(3)20(27)25(29)21(28)24-18(22(4,5)6)19(26)23-16-10-8-9-11-17(16)30-7/h8-11,14,18,29H,3,12-13H2,1-2,4-7H3,(H,23,26)(H,24,28)/t18-/m1/s1. The van der Waals surface area contributed by atoms with E-state index in [-0.39, 0.29) is 10.6 Å². The van der Waals surface area contributed by atoms with Crippen molar-refractivity contribution < 1.29 is 24.3 Å². The van der Waals surface area contributed by atoms with Crippen LogP contribution in [0.5, 0.6) is 5.75 Å². The average Bonchev–Trinajstić information content (AvgIpc) is 2.68. The Hall–Kier alpha value is -2.87. The van der Waals surface area contributed by atoms with Crippen molar-refractivity contribution in [3.05, 3.63) is 36.4 Å². The van der Waals surface area contributed by atoms with Crippen molar-refractivity contribution in [1.29, 1.82) is 0 Å². The second-order valence-electron chi connectivity index (χ2n) is 8.59. The number of nitrogens with zero attached hydrogens (tertiary/aromatic N) is 1. The number of ether oxygens (including phenoxy) is 1. The molecule has 0 aliphatic heterocycles. The number of hydrogen-bond donors (Lipinski definition) is 3. The zero-order chi connectivity index (χ0) is 23.1. The SMILES string of the molecule is C=C(CCC(C)C)C(=O)N(O)C(=O)N[C@H](C(=O)Nc1ccccc1OC)C(C)(C)C. The third kappa shape index (κ3) is 7.18. The zero-order valence-electron chi connectivity index (χ0n) is 18.6. The fraction of sp³-hybridized carbons (Fsp3) is 0.500. The highest BCUT2D eigenvalue weighted by Crippen LogP contribution is 2.26. The number of hydroxylamine groups is 2. The molecule has 166 valence electrons. The number of methoxy groups -OCH3 is 1. The Labute approximate surface area is 178 Å². The summed E-state index contributed by atoms with van der Waals surface area (Å²) < 4.78 is 5.22. The van der Waals surface area contributed by atoms with E-state index in [4.69, 9.17) is 4.74 Å². The molecule has 3 N–H and O–H groups in total. The highest BCUT2D eigenvalue weighted by molar-refractivity contribution is 6.04. The van der Waals surface area contributed by atoms with E-state index in [1.165, 1.54) is 7.11 Å². The third-order valence-corrected chi connectivity index (χ3v) is 4.47. The molecule has 0 bridgehead atoms. The normalized spacial score (nSPS) is 12.1. The van der Waals surface area contributed by atoms with Crippen LogP contribution in [0.15, 0.2) is 36.4 Å². The number of hydrogen-bond acceptors (Lipinski definition) is 5. The molecule has 0 saturated heterocycles. The van der Waals surface area contributed by atoms with Gasteiger partial charge in [0.25, 0.3) is 5.91 Å². The number of carbonyl (C=O) groups is 3. The fourth-order valence-corrected chi connectivity index (χ4v) is 2.62. The minimum Gasteiger partial charge on any atom is -0.495 e. The molecule has 0 aliphatic carbocycles. The quantitative estimate of drug-likeness (QED) is 0.336. The monoisotopic (exact) mass is 419 g/mol. The Morgan fingerprint density at radius 2 is 1.80 bits per heavy atom. The number of urea groups is 1. The summed E-state index contributed by atoms with van der Waals surface area (Å²) in [5.41, 5.74) is -0.153. The van der Waals surface area contributed by atoms with Gasteiger partial charge in [0, 0.05) is 5.57 Å². The number of benzene rings is 1. The lowest BCUT2D eigenvalue weighted by molar-refractivity contribution is -0.148. The number of rotatable bonds is 8. The van der Waals surface area contributed by atoms with Crippen LogP contribution in [-0.4, -0.2) is 41.3 Å². The molecule has 0 aliphatic rings. The Balaban J connectivity index is 2.92. The predicted octanol–water partition coefficient (Wildman–Crippen LogP) is 3.97. The maximum atomic E-state index is 12.9. The first-order chi connectivity index (χ1) is 13.9. The highest BCUT2D eigenvalue weighted by Gasteiger charge is 2.35. The summed E-state index contributed by atoms with van der Waals surface area (Å²) in [4.78, 5) is 37.6. The molecule has 4 amide bonds. The number of imide groups is 1. The number of anilines is 1. The molecule has 30 heavy (non-hydrogen) atoms. The van der Waals surface area contributed by atoms with E-state index in [0.717, 1.165) is 0 Å². The van der Waals surface area contributed by atoms with E-state index < -0.39 is 29.3 Å². The van der Waals surface area contributed by atoms with Crippen molar-refractivity contribution >= 4 is 23.5 Å². The third-order valence-electron chi connectivity index (χ3n) is 4.47. The smallest absolute Gasteiger partial charge is 0.349 e. The first-order valence-electron chi connectivity index (χ1n) is 9.84. The molecule has 1 atom stereocenters. The largest absolute Gasteiger partial charge is 0.495 e. The molecule has 0 saturated carbocycles. The molecule has 0 unspecified atom stereocenters. The van der Waals surface area contributed by atoms with Gasteiger partial charge in [0.1, 0.15) is 11.8 Å². The number of nitrogens with one attached hydrogen (secondary N) is 2. The van der Waals surface area contributed by atoms with Crippen molar-refractivity contribution in [3.8, 4) is 5.75 Å². The van der Waals surface area contributed by atoms with E-state index in [2.05, 4.69) is 17.2 Å². The summed E-state index contributed by atoms with van der Waals surface area (Å²) in [6, 6.07) is 4.72. The maximum Gasteiger partial charge on any atom is 0.349 e. The number of amides is 4. The topological polar surface area (TPSA) is 108 Å². The Kier molecular flexibility index (Phi) is 9.04. The molecule has 0 radical (unpaired) electrons.